The lowest BCUT2D eigenvalue weighted by Crippen LogP contribution is -2.53. The van der Waals surface area contributed by atoms with Crippen LogP contribution in [0.3, 0.4) is 0 Å². The Balaban J connectivity index is 2.63. The normalized spacial score (nSPS) is 10.9. The van der Waals surface area contributed by atoms with Crippen LogP contribution in [0.5, 0.6) is 0 Å². The predicted octanol–water partition coefficient (Wildman–Crippen LogP) is 0.893. The van der Waals surface area contributed by atoms with Gasteiger partial charge in [0.1, 0.15) is 0 Å². The summed E-state index contributed by atoms with van der Waals surface area (Å²) >= 11 is 5.11. The summed E-state index contributed by atoms with van der Waals surface area (Å²) < 4.78 is 4.89. The van der Waals surface area contributed by atoms with Crippen LogP contribution in [0, 0.1) is 0 Å². The first-order valence-corrected chi connectivity index (χ1v) is 6.93. The van der Waals surface area contributed by atoms with E-state index >= 15 is 0 Å². The Labute approximate surface area is 129 Å². The van der Waals surface area contributed by atoms with Gasteiger partial charge in [0.2, 0.25) is 0 Å². The molecule has 4 N–H and O–H groups in total. The number of hydrogen-bond donors (Lipinski definition) is 4. The fraction of sp³-hybridized carbons (Fsp3) is 0.429. The molecule has 0 saturated carbocycles. The lowest BCUT2D eigenvalue weighted by molar-refractivity contribution is 0.0526. The Morgan fingerprint density at radius 3 is 2.33 bits per heavy atom. The Morgan fingerprint density at radius 1 is 1.29 bits per heavy atom. The molecule has 0 aliphatic rings. The van der Waals surface area contributed by atoms with Gasteiger partial charge in [-0.3, -0.25) is 0 Å². The van der Waals surface area contributed by atoms with Gasteiger partial charge in [0.15, 0.2) is 5.11 Å². The monoisotopic (exact) mass is 312 g/mol. The van der Waals surface area contributed by atoms with Crippen molar-refractivity contribution in [1.29, 1.82) is 0 Å². The average molecular weight is 312 g/mol. The number of carbonyl (C=O) groups is 1. The number of aliphatic hydroxyl groups is 2. The Hall–Kier alpha value is -1.70. The highest BCUT2D eigenvalue weighted by molar-refractivity contribution is 7.80. The molecular weight excluding hydrogens is 292 g/mol. The summed E-state index contributed by atoms with van der Waals surface area (Å²) in [7, 11) is 0. The van der Waals surface area contributed by atoms with Crippen LogP contribution in [-0.4, -0.2) is 46.7 Å². The first-order chi connectivity index (χ1) is 9.94. The van der Waals surface area contributed by atoms with Crippen LogP contribution in [0.1, 0.15) is 24.2 Å². The summed E-state index contributed by atoms with van der Waals surface area (Å²) in [6.07, 6.45) is 0. The van der Waals surface area contributed by atoms with E-state index in [-0.39, 0.29) is 24.3 Å². The zero-order valence-electron chi connectivity index (χ0n) is 12.0. The molecule has 0 radical (unpaired) electrons. The second kappa shape index (κ2) is 7.92. The third kappa shape index (κ3) is 5.30. The molecule has 0 bridgehead atoms. The lowest BCUT2D eigenvalue weighted by atomic mass is 10.1. The summed E-state index contributed by atoms with van der Waals surface area (Å²) in [4.78, 5) is 11.5. The number of ether oxygens (including phenoxy) is 1. The van der Waals surface area contributed by atoms with E-state index in [0.717, 1.165) is 0 Å². The van der Waals surface area contributed by atoms with Gasteiger partial charge in [-0.15, -0.1) is 0 Å². The standard InChI is InChI=1S/C14H20N2O4S/c1-3-20-12(19)10-4-6-11(7-5-10)15-13(21)16-14(2,8-17)9-18/h4-7,17-18H,3,8-9H2,1-2H3,(H2,15,16,21). The number of benzene rings is 1. The SMILES string of the molecule is CCOC(=O)c1ccc(NC(=S)NC(C)(CO)CO)cc1. The third-order valence-corrected chi connectivity index (χ3v) is 2.97. The lowest BCUT2D eigenvalue weighted by Gasteiger charge is -2.27. The molecule has 0 spiro atoms. The first-order valence-electron chi connectivity index (χ1n) is 6.52. The van der Waals surface area contributed by atoms with Gasteiger partial charge < -0.3 is 25.6 Å². The van der Waals surface area contributed by atoms with Crippen molar-refractivity contribution in [2.45, 2.75) is 19.4 Å². The average Bonchev–Trinajstić information content (AvgIpc) is 2.48. The summed E-state index contributed by atoms with van der Waals surface area (Å²) in [6.45, 7) is 3.20. The number of esters is 1. The van der Waals surface area contributed by atoms with Crippen LogP contribution < -0.4 is 10.6 Å². The van der Waals surface area contributed by atoms with Gasteiger partial charge in [0.05, 0.1) is 30.9 Å². The van der Waals surface area contributed by atoms with E-state index in [1.54, 1.807) is 38.1 Å². The Kier molecular flexibility index (Phi) is 6.54. The minimum atomic E-state index is -0.894. The van der Waals surface area contributed by atoms with E-state index in [1.807, 2.05) is 0 Å². The highest BCUT2D eigenvalue weighted by Crippen LogP contribution is 2.11. The van der Waals surface area contributed by atoms with Crippen molar-refractivity contribution in [3.63, 3.8) is 0 Å². The zero-order chi connectivity index (χ0) is 15.9. The topological polar surface area (TPSA) is 90.8 Å². The molecule has 7 heteroatoms. The molecule has 0 unspecified atom stereocenters. The second-order valence-corrected chi connectivity index (χ2v) is 5.16. The molecule has 0 atom stereocenters. The molecule has 0 amide bonds. The van der Waals surface area contributed by atoms with Crippen LogP contribution in [0.25, 0.3) is 0 Å². The van der Waals surface area contributed by atoms with Gasteiger partial charge in [0, 0.05) is 5.69 Å². The molecule has 1 aromatic rings. The molecule has 0 saturated heterocycles. The van der Waals surface area contributed by atoms with Crippen molar-refractivity contribution in [3.05, 3.63) is 29.8 Å². The van der Waals surface area contributed by atoms with Crippen LogP contribution in [0.2, 0.25) is 0 Å². The molecule has 0 aliphatic heterocycles. The number of carbonyl (C=O) groups excluding carboxylic acids is 1. The minimum absolute atomic E-state index is 0.257. The van der Waals surface area contributed by atoms with Crippen LogP contribution in [-0.2, 0) is 4.74 Å². The molecule has 1 aromatic carbocycles. The van der Waals surface area contributed by atoms with Crippen LogP contribution >= 0.6 is 12.2 Å². The molecule has 116 valence electrons. The number of aliphatic hydroxyl groups excluding tert-OH is 2. The number of nitrogens with one attached hydrogen (secondary N) is 2. The number of hydrogen-bond acceptors (Lipinski definition) is 5. The summed E-state index contributed by atoms with van der Waals surface area (Å²) in [5.41, 5.74) is 0.241. The van der Waals surface area contributed by atoms with Crippen molar-refractivity contribution in [2.24, 2.45) is 0 Å². The largest absolute Gasteiger partial charge is 0.462 e. The molecular formula is C14H20N2O4S. The van der Waals surface area contributed by atoms with Gasteiger partial charge >= 0.3 is 5.97 Å². The smallest absolute Gasteiger partial charge is 0.338 e. The summed E-state index contributed by atoms with van der Waals surface area (Å²) in [5, 5.41) is 24.4. The van der Waals surface area contributed by atoms with Crippen molar-refractivity contribution in [2.75, 3.05) is 25.1 Å². The minimum Gasteiger partial charge on any atom is -0.462 e. The number of thiocarbonyl (C=S) groups is 1. The van der Waals surface area contributed by atoms with E-state index < -0.39 is 5.54 Å². The fourth-order valence-electron chi connectivity index (χ4n) is 1.47. The number of anilines is 1. The molecule has 0 heterocycles. The molecule has 0 aromatic heterocycles. The quantitative estimate of drug-likeness (QED) is 0.458. The zero-order valence-corrected chi connectivity index (χ0v) is 12.9. The molecule has 0 fully saturated rings. The van der Waals surface area contributed by atoms with Gasteiger partial charge in [-0.2, -0.15) is 0 Å². The second-order valence-electron chi connectivity index (χ2n) is 4.75. The van der Waals surface area contributed by atoms with Gasteiger partial charge in [0.25, 0.3) is 0 Å². The van der Waals surface area contributed by atoms with Gasteiger partial charge in [-0.05, 0) is 50.3 Å². The maximum atomic E-state index is 11.5. The highest BCUT2D eigenvalue weighted by Gasteiger charge is 2.22. The van der Waals surface area contributed by atoms with Crippen molar-refractivity contribution >= 4 is 29.0 Å². The van der Waals surface area contributed by atoms with E-state index in [4.69, 9.17) is 17.0 Å². The fourth-order valence-corrected chi connectivity index (χ4v) is 1.83. The number of rotatable bonds is 6. The van der Waals surface area contributed by atoms with E-state index in [1.165, 1.54) is 0 Å². The maximum absolute atomic E-state index is 11.5. The first kappa shape index (κ1) is 17.4. The van der Waals surface area contributed by atoms with Crippen molar-refractivity contribution in [3.8, 4) is 0 Å². The van der Waals surface area contributed by atoms with Gasteiger partial charge in [-0.1, -0.05) is 0 Å². The highest BCUT2D eigenvalue weighted by atomic mass is 32.1. The summed E-state index contributed by atoms with van der Waals surface area (Å²) in [6, 6.07) is 6.63. The maximum Gasteiger partial charge on any atom is 0.338 e. The van der Waals surface area contributed by atoms with Crippen LogP contribution in [0.15, 0.2) is 24.3 Å². The van der Waals surface area contributed by atoms with Crippen molar-refractivity contribution < 1.29 is 19.7 Å². The Morgan fingerprint density at radius 2 is 1.86 bits per heavy atom. The third-order valence-electron chi connectivity index (χ3n) is 2.77. The van der Waals surface area contributed by atoms with E-state index in [2.05, 4.69) is 10.6 Å². The summed E-state index contributed by atoms with van der Waals surface area (Å²) in [5.74, 6) is -0.377. The molecule has 1 rings (SSSR count). The van der Waals surface area contributed by atoms with Gasteiger partial charge in [-0.25, -0.2) is 4.79 Å². The molecule has 21 heavy (non-hydrogen) atoms. The van der Waals surface area contributed by atoms with E-state index in [0.29, 0.717) is 17.9 Å². The molecule has 0 aliphatic carbocycles. The Bertz CT molecular complexity index is 486. The predicted molar refractivity (Wildman–Crippen MR) is 84.3 cm³/mol. The van der Waals surface area contributed by atoms with E-state index in [9.17, 15) is 15.0 Å². The van der Waals surface area contributed by atoms with Crippen molar-refractivity contribution in [1.82, 2.24) is 5.32 Å². The van der Waals surface area contributed by atoms with Crippen LogP contribution in [0.4, 0.5) is 5.69 Å². The molecule has 6 nitrogen and oxygen atoms in total.